The van der Waals surface area contributed by atoms with Gasteiger partial charge in [0.05, 0.1) is 10.6 Å². The van der Waals surface area contributed by atoms with Gasteiger partial charge in [-0.1, -0.05) is 18.3 Å². The predicted octanol–water partition coefficient (Wildman–Crippen LogP) is 2.46. The molecular formula is C11H16N2OS2. The Hall–Kier alpha value is -0.550. The molecule has 0 N–H and O–H groups in total. The molecule has 2 rings (SSSR count). The molecule has 0 amide bonds. The standard InChI is InChI=1S/C11H16N2OS2/c1-3-9-10(6-14)16-11(12-9)13-4-5-15-7-8(13)2/h6,8H,3-5,7H2,1-2H3. The fourth-order valence-electron chi connectivity index (χ4n) is 1.83. The van der Waals surface area contributed by atoms with Crippen molar-refractivity contribution in [2.75, 3.05) is 23.0 Å². The Labute approximate surface area is 104 Å². The van der Waals surface area contributed by atoms with Crippen LogP contribution in [-0.2, 0) is 6.42 Å². The van der Waals surface area contributed by atoms with Crippen LogP contribution in [0.2, 0.25) is 0 Å². The number of rotatable bonds is 3. The molecule has 1 aliphatic rings. The molecule has 3 nitrogen and oxygen atoms in total. The maximum absolute atomic E-state index is 10.9. The van der Waals surface area contributed by atoms with Crippen molar-refractivity contribution in [2.45, 2.75) is 26.3 Å². The van der Waals surface area contributed by atoms with E-state index in [0.717, 1.165) is 46.5 Å². The number of hydrogen-bond donors (Lipinski definition) is 0. The van der Waals surface area contributed by atoms with Gasteiger partial charge in [-0.25, -0.2) is 4.98 Å². The molecule has 1 saturated heterocycles. The van der Waals surface area contributed by atoms with E-state index in [1.807, 2.05) is 18.7 Å². The van der Waals surface area contributed by atoms with Crippen LogP contribution in [0.1, 0.15) is 29.2 Å². The number of carbonyl (C=O) groups excluding carboxylic acids is 1. The highest BCUT2D eigenvalue weighted by Crippen LogP contribution is 2.29. The minimum absolute atomic E-state index is 0.522. The molecule has 0 radical (unpaired) electrons. The highest BCUT2D eigenvalue weighted by atomic mass is 32.2. The topological polar surface area (TPSA) is 33.2 Å². The van der Waals surface area contributed by atoms with E-state index in [-0.39, 0.29) is 0 Å². The number of anilines is 1. The highest BCUT2D eigenvalue weighted by Gasteiger charge is 2.22. The first-order valence-corrected chi connectivity index (χ1v) is 7.52. The van der Waals surface area contributed by atoms with Gasteiger partial charge < -0.3 is 4.90 Å². The fourth-order valence-corrected chi connectivity index (χ4v) is 3.94. The summed E-state index contributed by atoms with van der Waals surface area (Å²) in [6.07, 6.45) is 1.77. The molecular weight excluding hydrogens is 240 g/mol. The van der Waals surface area contributed by atoms with Gasteiger partial charge in [0.25, 0.3) is 0 Å². The Morgan fingerprint density at radius 3 is 3.00 bits per heavy atom. The third-order valence-corrected chi connectivity index (χ3v) is 5.02. The Bertz CT molecular complexity index is 378. The minimum Gasteiger partial charge on any atom is -0.344 e. The molecule has 1 aliphatic heterocycles. The van der Waals surface area contributed by atoms with Crippen LogP contribution in [0, 0.1) is 0 Å². The summed E-state index contributed by atoms with van der Waals surface area (Å²) in [4.78, 5) is 18.6. The second-order valence-electron chi connectivity index (χ2n) is 3.90. The average molecular weight is 256 g/mol. The number of thioether (sulfide) groups is 1. The number of nitrogens with zero attached hydrogens (tertiary/aromatic N) is 2. The minimum atomic E-state index is 0.522. The molecule has 5 heteroatoms. The van der Waals surface area contributed by atoms with Crippen LogP contribution in [0.3, 0.4) is 0 Å². The zero-order valence-corrected chi connectivity index (χ0v) is 11.2. The molecule has 1 aromatic heterocycles. The molecule has 1 aromatic rings. The third kappa shape index (κ3) is 2.25. The molecule has 1 fully saturated rings. The SMILES string of the molecule is CCc1nc(N2CCSCC2C)sc1C=O. The van der Waals surface area contributed by atoms with E-state index in [1.165, 1.54) is 11.3 Å². The Balaban J connectivity index is 2.25. The first-order valence-electron chi connectivity index (χ1n) is 5.55. The van der Waals surface area contributed by atoms with Crippen molar-refractivity contribution in [3.05, 3.63) is 10.6 Å². The third-order valence-electron chi connectivity index (χ3n) is 2.77. The second-order valence-corrected chi connectivity index (χ2v) is 6.06. The lowest BCUT2D eigenvalue weighted by Crippen LogP contribution is -2.40. The summed E-state index contributed by atoms with van der Waals surface area (Å²) in [6, 6.07) is 0.522. The Morgan fingerprint density at radius 1 is 1.62 bits per heavy atom. The van der Waals surface area contributed by atoms with Gasteiger partial charge in [0.15, 0.2) is 11.4 Å². The summed E-state index contributed by atoms with van der Waals surface area (Å²) in [7, 11) is 0. The Morgan fingerprint density at radius 2 is 2.44 bits per heavy atom. The summed E-state index contributed by atoms with van der Waals surface area (Å²) in [5.74, 6) is 2.30. The monoisotopic (exact) mass is 256 g/mol. The summed E-state index contributed by atoms with van der Waals surface area (Å²) < 4.78 is 0. The van der Waals surface area contributed by atoms with Crippen LogP contribution in [-0.4, -0.2) is 35.4 Å². The van der Waals surface area contributed by atoms with E-state index < -0.39 is 0 Å². The molecule has 16 heavy (non-hydrogen) atoms. The summed E-state index contributed by atoms with van der Waals surface area (Å²) >= 11 is 3.52. The van der Waals surface area contributed by atoms with Crippen LogP contribution in [0.15, 0.2) is 0 Å². The maximum atomic E-state index is 10.9. The first-order chi connectivity index (χ1) is 7.76. The Kier molecular flexibility index (Phi) is 3.86. The van der Waals surface area contributed by atoms with E-state index in [9.17, 15) is 4.79 Å². The zero-order chi connectivity index (χ0) is 11.5. The van der Waals surface area contributed by atoms with Crippen molar-refractivity contribution in [1.29, 1.82) is 0 Å². The molecule has 0 aliphatic carbocycles. The molecule has 0 spiro atoms. The van der Waals surface area contributed by atoms with Gasteiger partial charge >= 0.3 is 0 Å². The normalized spacial score (nSPS) is 21.1. The maximum Gasteiger partial charge on any atom is 0.186 e. The molecule has 0 saturated carbocycles. The average Bonchev–Trinajstić information content (AvgIpc) is 2.72. The van der Waals surface area contributed by atoms with Crippen LogP contribution in [0.4, 0.5) is 5.13 Å². The predicted molar refractivity (Wildman–Crippen MR) is 71.0 cm³/mol. The molecule has 1 unspecified atom stereocenters. The second kappa shape index (κ2) is 5.19. The van der Waals surface area contributed by atoms with Crippen molar-refractivity contribution < 1.29 is 4.79 Å². The van der Waals surface area contributed by atoms with Gasteiger partial charge in [0, 0.05) is 24.1 Å². The van der Waals surface area contributed by atoms with Crippen LogP contribution >= 0.6 is 23.1 Å². The first kappa shape index (κ1) is 11.9. The summed E-state index contributed by atoms with van der Waals surface area (Å²) in [5.41, 5.74) is 0.945. The van der Waals surface area contributed by atoms with Gasteiger partial charge in [-0.3, -0.25) is 4.79 Å². The van der Waals surface area contributed by atoms with Crippen molar-refractivity contribution in [3.63, 3.8) is 0 Å². The molecule has 88 valence electrons. The largest absolute Gasteiger partial charge is 0.344 e. The van der Waals surface area contributed by atoms with E-state index in [4.69, 9.17) is 0 Å². The van der Waals surface area contributed by atoms with Crippen molar-refractivity contribution in [2.24, 2.45) is 0 Å². The van der Waals surface area contributed by atoms with E-state index in [2.05, 4.69) is 16.8 Å². The quantitative estimate of drug-likeness (QED) is 0.778. The van der Waals surface area contributed by atoms with E-state index >= 15 is 0 Å². The van der Waals surface area contributed by atoms with E-state index in [0.29, 0.717) is 6.04 Å². The van der Waals surface area contributed by atoms with E-state index in [1.54, 1.807) is 0 Å². The molecule has 0 aromatic carbocycles. The van der Waals surface area contributed by atoms with Crippen LogP contribution in [0.5, 0.6) is 0 Å². The van der Waals surface area contributed by atoms with Crippen molar-refractivity contribution in [3.8, 4) is 0 Å². The summed E-state index contributed by atoms with van der Waals surface area (Å²) in [5, 5.41) is 1.02. The number of hydrogen-bond acceptors (Lipinski definition) is 5. The lowest BCUT2D eigenvalue weighted by atomic mass is 10.3. The smallest absolute Gasteiger partial charge is 0.186 e. The fraction of sp³-hybridized carbons (Fsp3) is 0.636. The number of aryl methyl sites for hydroxylation is 1. The number of aromatic nitrogens is 1. The van der Waals surface area contributed by atoms with Gasteiger partial charge in [-0.2, -0.15) is 11.8 Å². The number of aldehydes is 1. The van der Waals surface area contributed by atoms with Crippen LogP contribution in [0.25, 0.3) is 0 Å². The molecule has 2 heterocycles. The number of thiazole rings is 1. The van der Waals surface area contributed by atoms with Gasteiger partial charge in [0.1, 0.15) is 0 Å². The molecule has 0 bridgehead atoms. The lowest BCUT2D eigenvalue weighted by Gasteiger charge is -2.32. The zero-order valence-electron chi connectivity index (χ0n) is 9.60. The molecule has 1 atom stereocenters. The van der Waals surface area contributed by atoms with Gasteiger partial charge in [-0.15, -0.1) is 0 Å². The summed E-state index contributed by atoms with van der Waals surface area (Å²) in [6.45, 7) is 5.31. The van der Waals surface area contributed by atoms with Gasteiger partial charge in [0.2, 0.25) is 0 Å². The highest BCUT2D eigenvalue weighted by molar-refractivity contribution is 7.99. The lowest BCUT2D eigenvalue weighted by molar-refractivity contribution is 0.112. The van der Waals surface area contributed by atoms with Crippen molar-refractivity contribution in [1.82, 2.24) is 4.98 Å². The number of carbonyl (C=O) groups is 1. The van der Waals surface area contributed by atoms with Gasteiger partial charge in [-0.05, 0) is 13.3 Å². The van der Waals surface area contributed by atoms with Crippen LogP contribution < -0.4 is 4.90 Å². The van der Waals surface area contributed by atoms with Crippen molar-refractivity contribution >= 4 is 34.5 Å².